The Balaban J connectivity index is 1.28. The molecule has 0 fully saturated rings. The van der Waals surface area contributed by atoms with Gasteiger partial charge in [0.05, 0.1) is 6.61 Å². The molecule has 1 amide bonds. The zero-order valence-corrected chi connectivity index (χ0v) is 22.3. The van der Waals surface area contributed by atoms with Crippen molar-refractivity contribution >= 4 is 5.91 Å². The van der Waals surface area contributed by atoms with Crippen LogP contribution in [0, 0.1) is 0 Å². The Morgan fingerprint density at radius 1 is 0.895 bits per heavy atom. The average Bonchev–Trinajstić information content (AvgIpc) is 3.39. The molecule has 0 aliphatic carbocycles. The molecule has 0 aromatic heterocycles. The maximum atomic E-state index is 13.0. The number of benzene rings is 3. The summed E-state index contributed by atoms with van der Waals surface area (Å²) in [6.07, 6.45) is 5.98. The van der Waals surface area contributed by atoms with Crippen molar-refractivity contribution in [1.29, 1.82) is 0 Å². The molecule has 1 N–H and O–H groups in total. The molecule has 0 saturated carbocycles. The number of carbonyl (C=O) groups is 1. The molecule has 200 valence electrons. The summed E-state index contributed by atoms with van der Waals surface area (Å²) < 4.78 is 17.1. The topological polar surface area (TPSA) is 60.0 Å². The van der Waals surface area contributed by atoms with Crippen molar-refractivity contribution in [1.82, 2.24) is 10.2 Å². The summed E-state index contributed by atoms with van der Waals surface area (Å²) in [4.78, 5) is 15.6. The number of rotatable bonds is 6. The van der Waals surface area contributed by atoms with E-state index in [1.807, 2.05) is 36.4 Å². The van der Waals surface area contributed by atoms with Gasteiger partial charge in [-0.3, -0.25) is 9.69 Å². The highest BCUT2D eigenvalue weighted by Crippen LogP contribution is 2.32. The maximum absolute atomic E-state index is 13.0. The van der Waals surface area contributed by atoms with Crippen molar-refractivity contribution in [3.63, 3.8) is 0 Å². The van der Waals surface area contributed by atoms with Gasteiger partial charge in [0.15, 0.2) is 11.5 Å². The van der Waals surface area contributed by atoms with Crippen LogP contribution in [-0.2, 0) is 19.4 Å². The third kappa shape index (κ3) is 6.87. The summed E-state index contributed by atoms with van der Waals surface area (Å²) in [5.41, 5.74) is 5.39. The van der Waals surface area contributed by atoms with Gasteiger partial charge in [0.1, 0.15) is 5.75 Å². The minimum atomic E-state index is -0.0723. The second kappa shape index (κ2) is 12.8. The van der Waals surface area contributed by atoms with Crippen LogP contribution in [0.2, 0.25) is 0 Å². The van der Waals surface area contributed by atoms with Gasteiger partial charge in [0.25, 0.3) is 5.91 Å². The fourth-order valence-electron chi connectivity index (χ4n) is 5.22. The van der Waals surface area contributed by atoms with Crippen LogP contribution in [0.4, 0.5) is 0 Å². The maximum Gasteiger partial charge on any atom is 0.251 e. The first kappa shape index (κ1) is 26.1. The SMILES string of the molecule is CCCN1CCCCCOc2ccc(C(=O)NCCc3ccc4c(c3)OCO4)cc2Cc2cccc(c2)C1. The van der Waals surface area contributed by atoms with Crippen molar-refractivity contribution in [2.24, 2.45) is 0 Å². The number of nitrogens with zero attached hydrogens (tertiary/aromatic N) is 1. The zero-order valence-electron chi connectivity index (χ0n) is 22.3. The molecule has 5 rings (SSSR count). The van der Waals surface area contributed by atoms with E-state index in [0.29, 0.717) is 18.7 Å². The fraction of sp³-hybridized carbons (Fsp3) is 0.406. The molecule has 2 heterocycles. The van der Waals surface area contributed by atoms with E-state index >= 15 is 0 Å². The average molecular weight is 515 g/mol. The molecule has 6 heteroatoms. The summed E-state index contributed by atoms with van der Waals surface area (Å²) in [6, 6.07) is 20.6. The summed E-state index contributed by atoms with van der Waals surface area (Å²) >= 11 is 0. The van der Waals surface area contributed by atoms with Gasteiger partial charge in [-0.2, -0.15) is 0 Å². The molecule has 2 aliphatic rings. The molecular formula is C32H38N2O4. The molecule has 0 unspecified atom stereocenters. The second-order valence-electron chi connectivity index (χ2n) is 10.2. The van der Waals surface area contributed by atoms with Gasteiger partial charge in [-0.25, -0.2) is 0 Å². The summed E-state index contributed by atoms with van der Waals surface area (Å²) in [5, 5.41) is 3.07. The Hall–Kier alpha value is -3.51. The monoisotopic (exact) mass is 514 g/mol. The standard InChI is InChI=1S/C32H38N2O4/c1-2-15-34-16-4-3-5-17-36-29-12-10-27(21-28(29)19-25-7-6-8-26(18-25)22-34)32(35)33-14-13-24-9-11-30-31(20-24)38-23-37-30/h6-12,18,20-21H,2-5,13-17,19,22-23H2,1H3,(H,33,35). The van der Waals surface area contributed by atoms with Crippen molar-refractivity contribution in [2.45, 2.75) is 52.0 Å². The minimum Gasteiger partial charge on any atom is -0.493 e. The van der Waals surface area contributed by atoms with Crippen molar-refractivity contribution in [3.8, 4) is 17.2 Å². The van der Waals surface area contributed by atoms with Gasteiger partial charge in [-0.1, -0.05) is 37.3 Å². The Labute approximate surface area is 225 Å². The van der Waals surface area contributed by atoms with Crippen LogP contribution in [-0.4, -0.2) is 43.8 Å². The molecule has 0 atom stereocenters. The van der Waals surface area contributed by atoms with Gasteiger partial charge in [0.2, 0.25) is 6.79 Å². The first-order valence-electron chi connectivity index (χ1n) is 13.9. The van der Waals surface area contributed by atoms with E-state index in [9.17, 15) is 4.79 Å². The van der Waals surface area contributed by atoms with Gasteiger partial charge >= 0.3 is 0 Å². The minimum absolute atomic E-state index is 0.0723. The van der Waals surface area contributed by atoms with Crippen LogP contribution in [0.25, 0.3) is 0 Å². The van der Waals surface area contributed by atoms with Gasteiger partial charge < -0.3 is 19.5 Å². The molecule has 0 saturated heterocycles. The number of nitrogens with one attached hydrogen (secondary N) is 1. The number of hydrogen-bond acceptors (Lipinski definition) is 5. The molecule has 6 nitrogen and oxygen atoms in total. The lowest BCUT2D eigenvalue weighted by atomic mass is 9.99. The van der Waals surface area contributed by atoms with Crippen LogP contribution < -0.4 is 19.5 Å². The van der Waals surface area contributed by atoms with Gasteiger partial charge in [-0.05, 0) is 97.8 Å². The first-order valence-corrected chi connectivity index (χ1v) is 13.9. The van der Waals surface area contributed by atoms with E-state index in [0.717, 1.165) is 80.1 Å². The van der Waals surface area contributed by atoms with Crippen molar-refractivity contribution in [2.75, 3.05) is 33.0 Å². The molecular weight excluding hydrogens is 476 g/mol. The van der Waals surface area contributed by atoms with Crippen LogP contribution in [0.5, 0.6) is 17.2 Å². The molecule has 0 radical (unpaired) electrons. The number of amides is 1. The Morgan fingerprint density at radius 3 is 2.68 bits per heavy atom. The fourth-order valence-corrected chi connectivity index (χ4v) is 5.22. The highest BCUT2D eigenvalue weighted by Gasteiger charge is 2.15. The quantitative estimate of drug-likeness (QED) is 0.454. The second-order valence-corrected chi connectivity index (χ2v) is 10.2. The lowest BCUT2D eigenvalue weighted by Gasteiger charge is -2.22. The predicted molar refractivity (Wildman–Crippen MR) is 149 cm³/mol. The summed E-state index contributed by atoms with van der Waals surface area (Å²) in [7, 11) is 0. The number of hydrogen-bond donors (Lipinski definition) is 1. The molecule has 2 aliphatic heterocycles. The molecule has 3 aromatic rings. The lowest BCUT2D eigenvalue weighted by Crippen LogP contribution is -2.26. The third-order valence-electron chi connectivity index (χ3n) is 7.17. The first-order chi connectivity index (χ1) is 18.7. The molecule has 0 spiro atoms. The predicted octanol–water partition coefficient (Wildman–Crippen LogP) is 5.75. The van der Waals surface area contributed by atoms with E-state index in [-0.39, 0.29) is 12.7 Å². The van der Waals surface area contributed by atoms with Crippen LogP contribution >= 0.6 is 0 Å². The molecule has 2 bridgehead atoms. The number of fused-ring (bicyclic) bond motifs is 4. The smallest absolute Gasteiger partial charge is 0.251 e. The van der Waals surface area contributed by atoms with Crippen molar-refractivity contribution in [3.05, 3.63) is 88.5 Å². The zero-order chi connectivity index (χ0) is 26.2. The van der Waals surface area contributed by atoms with E-state index in [1.54, 1.807) is 0 Å². The lowest BCUT2D eigenvalue weighted by molar-refractivity contribution is 0.0954. The van der Waals surface area contributed by atoms with Crippen LogP contribution in [0.1, 0.15) is 65.2 Å². The largest absolute Gasteiger partial charge is 0.493 e. The molecule has 38 heavy (non-hydrogen) atoms. The Bertz CT molecular complexity index is 1240. The Morgan fingerprint density at radius 2 is 1.76 bits per heavy atom. The van der Waals surface area contributed by atoms with Crippen LogP contribution in [0.15, 0.2) is 60.7 Å². The van der Waals surface area contributed by atoms with E-state index in [2.05, 4.69) is 41.4 Å². The van der Waals surface area contributed by atoms with E-state index < -0.39 is 0 Å². The molecule has 3 aromatic carbocycles. The Kier molecular flexibility index (Phi) is 8.82. The van der Waals surface area contributed by atoms with Crippen LogP contribution in [0.3, 0.4) is 0 Å². The number of carbonyl (C=O) groups excluding carboxylic acids is 1. The van der Waals surface area contributed by atoms with Crippen molar-refractivity contribution < 1.29 is 19.0 Å². The van der Waals surface area contributed by atoms with E-state index in [4.69, 9.17) is 14.2 Å². The highest BCUT2D eigenvalue weighted by molar-refractivity contribution is 5.94. The highest BCUT2D eigenvalue weighted by atomic mass is 16.7. The normalized spacial score (nSPS) is 15.7. The van der Waals surface area contributed by atoms with Gasteiger partial charge in [0, 0.05) is 25.1 Å². The summed E-state index contributed by atoms with van der Waals surface area (Å²) in [6.45, 7) is 6.98. The third-order valence-corrected chi connectivity index (χ3v) is 7.17. The van der Waals surface area contributed by atoms with E-state index in [1.165, 1.54) is 17.5 Å². The van der Waals surface area contributed by atoms with Gasteiger partial charge in [-0.15, -0.1) is 0 Å². The number of ether oxygens (including phenoxy) is 3. The summed E-state index contributed by atoms with van der Waals surface area (Å²) in [5.74, 6) is 2.34.